The van der Waals surface area contributed by atoms with Gasteiger partial charge in [0, 0.05) is 7.05 Å². The van der Waals surface area contributed by atoms with E-state index >= 15 is 0 Å². The number of aryl methyl sites for hydroxylation is 1. The third kappa shape index (κ3) is 2.17. The molecule has 1 N–H and O–H groups in total. The molecule has 0 radical (unpaired) electrons. The molecule has 0 fully saturated rings. The zero-order valence-electron chi connectivity index (χ0n) is 7.84. The van der Waals surface area contributed by atoms with Gasteiger partial charge >= 0.3 is 0 Å². The molecule has 2 aromatic heterocycles. The van der Waals surface area contributed by atoms with Crippen LogP contribution in [0.1, 0.15) is 11.6 Å². The van der Waals surface area contributed by atoms with Gasteiger partial charge in [0.2, 0.25) is 0 Å². The van der Waals surface area contributed by atoms with Gasteiger partial charge in [-0.25, -0.2) is 9.97 Å². The van der Waals surface area contributed by atoms with Crippen molar-refractivity contribution < 1.29 is 4.42 Å². The van der Waals surface area contributed by atoms with Gasteiger partial charge in [0.15, 0.2) is 12.2 Å². The molecule has 0 saturated carbocycles. The van der Waals surface area contributed by atoms with Gasteiger partial charge in [-0.1, -0.05) is 0 Å². The highest BCUT2D eigenvalue weighted by Crippen LogP contribution is 1.95. The highest BCUT2D eigenvalue weighted by atomic mass is 16.3. The van der Waals surface area contributed by atoms with Crippen LogP contribution in [0.2, 0.25) is 0 Å². The zero-order valence-corrected chi connectivity index (χ0v) is 7.84. The third-order valence-electron chi connectivity index (χ3n) is 1.71. The summed E-state index contributed by atoms with van der Waals surface area (Å²) in [5.41, 5.74) is 0. The lowest BCUT2D eigenvalue weighted by Crippen LogP contribution is -2.13. The molecule has 0 amide bonds. The Balaban J connectivity index is 1.78. The molecule has 0 unspecified atom stereocenters. The molecule has 14 heavy (non-hydrogen) atoms. The molecule has 6 nitrogen and oxygen atoms in total. The smallest absolute Gasteiger partial charge is 0.180 e. The predicted octanol–water partition coefficient (Wildman–Crippen LogP) is 0.0929. The molecule has 0 atom stereocenters. The molecule has 0 aliphatic rings. The highest BCUT2D eigenvalue weighted by Gasteiger charge is 1.99. The maximum absolute atomic E-state index is 5.06. The van der Waals surface area contributed by atoms with E-state index in [-0.39, 0.29) is 0 Å². The first-order valence-electron chi connectivity index (χ1n) is 4.27. The quantitative estimate of drug-likeness (QED) is 0.745. The summed E-state index contributed by atoms with van der Waals surface area (Å²) < 4.78 is 6.73. The summed E-state index contributed by atoms with van der Waals surface area (Å²) >= 11 is 0. The minimum atomic E-state index is 0.627. The standard InChI is InChI=1S/C8H11N5O/c1-13-5-11-8(12-13)4-9-2-7-3-10-6-14-7/h3,5-6,9H,2,4H2,1H3. The maximum Gasteiger partial charge on any atom is 0.180 e. The number of hydrogen-bond acceptors (Lipinski definition) is 5. The second-order valence-electron chi connectivity index (χ2n) is 2.91. The summed E-state index contributed by atoms with van der Waals surface area (Å²) in [6.07, 6.45) is 4.76. The molecule has 74 valence electrons. The van der Waals surface area contributed by atoms with Gasteiger partial charge in [-0.15, -0.1) is 0 Å². The lowest BCUT2D eigenvalue weighted by Gasteiger charge is -1.97. The van der Waals surface area contributed by atoms with Crippen molar-refractivity contribution >= 4 is 0 Å². The first kappa shape index (κ1) is 8.89. The molecule has 2 rings (SSSR count). The van der Waals surface area contributed by atoms with Crippen LogP contribution in [0.25, 0.3) is 0 Å². The molecular weight excluding hydrogens is 182 g/mol. The summed E-state index contributed by atoms with van der Waals surface area (Å²) in [7, 11) is 1.84. The maximum atomic E-state index is 5.06. The summed E-state index contributed by atoms with van der Waals surface area (Å²) in [4.78, 5) is 7.89. The lowest BCUT2D eigenvalue weighted by molar-refractivity contribution is 0.476. The number of hydrogen-bond donors (Lipinski definition) is 1. The van der Waals surface area contributed by atoms with E-state index < -0.39 is 0 Å². The summed E-state index contributed by atoms with van der Waals surface area (Å²) in [6, 6.07) is 0. The van der Waals surface area contributed by atoms with Gasteiger partial charge in [0.05, 0.1) is 19.3 Å². The van der Waals surface area contributed by atoms with Crippen molar-refractivity contribution in [3.8, 4) is 0 Å². The molecule has 0 aliphatic heterocycles. The van der Waals surface area contributed by atoms with Crippen molar-refractivity contribution in [1.82, 2.24) is 25.1 Å². The van der Waals surface area contributed by atoms with E-state index in [1.165, 1.54) is 6.39 Å². The molecule has 0 bridgehead atoms. The number of nitrogens with one attached hydrogen (secondary N) is 1. The van der Waals surface area contributed by atoms with Crippen molar-refractivity contribution in [1.29, 1.82) is 0 Å². The first-order valence-corrected chi connectivity index (χ1v) is 4.27. The van der Waals surface area contributed by atoms with E-state index in [0.717, 1.165) is 11.6 Å². The monoisotopic (exact) mass is 193 g/mol. The Morgan fingerprint density at radius 1 is 1.50 bits per heavy atom. The van der Waals surface area contributed by atoms with Crippen molar-refractivity contribution in [3.05, 3.63) is 30.5 Å². The SMILES string of the molecule is Cn1cnc(CNCc2cnco2)n1. The molecule has 2 aromatic rings. The molecule has 0 aliphatic carbocycles. The van der Waals surface area contributed by atoms with Crippen LogP contribution in [0.3, 0.4) is 0 Å². The Labute approximate surface area is 81.0 Å². The Hall–Kier alpha value is -1.69. The van der Waals surface area contributed by atoms with Gasteiger partial charge in [-0.3, -0.25) is 4.68 Å². The van der Waals surface area contributed by atoms with Crippen LogP contribution in [0.15, 0.2) is 23.3 Å². The van der Waals surface area contributed by atoms with Crippen molar-refractivity contribution in [2.75, 3.05) is 0 Å². The summed E-state index contributed by atoms with van der Waals surface area (Å²) in [5, 5.41) is 7.27. The number of nitrogens with zero attached hydrogens (tertiary/aromatic N) is 4. The molecule has 0 saturated heterocycles. The van der Waals surface area contributed by atoms with Crippen molar-refractivity contribution in [2.45, 2.75) is 13.1 Å². The van der Waals surface area contributed by atoms with Gasteiger partial charge in [0.25, 0.3) is 0 Å². The van der Waals surface area contributed by atoms with E-state index in [9.17, 15) is 0 Å². The van der Waals surface area contributed by atoms with Gasteiger partial charge in [-0.05, 0) is 0 Å². The van der Waals surface area contributed by atoms with Crippen molar-refractivity contribution in [2.24, 2.45) is 7.05 Å². The Morgan fingerprint density at radius 3 is 3.07 bits per heavy atom. The van der Waals surface area contributed by atoms with Crippen LogP contribution in [-0.4, -0.2) is 19.7 Å². The first-order chi connectivity index (χ1) is 6.84. The largest absolute Gasteiger partial charge is 0.447 e. The molecule has 2 heterocycles. The molecule has 0 aromatic carbocycles. The second-order valence-corrected chi connectivity index (χ2v) is 2.91. The fourth-order valence-corrected chi connectivity index (χ4v) is 1.09. The molecular formula is C8H11N5O. The van der Waals surface area contributed by atoms with Gasteiger partial charge in [0.1, 0.15) is 12.1 Å². The minimum Gasteiger partial charge on any atom is -0.447 e. The fraction of sp³-hybridized carbons (Fsp3) is 0.375. The number of rotatable bonds is 4. The van der Waals surface area contributed by atoms with Gasteiger partial charge < -0.3 is 9.73 Å². The van der Waals surface area contributed by atoms with Crippen LogP contribution in [0.4, 0.5) is 0 Å². The van der Waals surface area contributed by atoms with E-state index in [4.69, 9.17) is 4.42 Å². The predicted molar refractivity (Wildman–Crippen MR) is 48.0 cm³/mol. The van der Waals surface area contributed by atoms with E-state index in [1.807, 2.05) is 7.05 Å². The molecule has 0 spiro atoms. The van der Waals surface area contributed by atoms with Crippen LogP contribution >= 0.6 is 0 Å². The normalized spacial score (nSPS) is 10.6. The van der Waals surface area contributed by atoms with Crippen LogP contribution in [0, 0.1) is 0 Å². The van der Waals surface area contributed by atoms with Crippen LogP contribution in [-0.2, 0) is 20.1 Å². The molecule has 6 heteroatoms. The Kier molecular flexibility index (Phi) is 2.55. The van der Waals surface area contributed by atoms with E-state index in [2.05, 4.69) is 20.4 Å². The van der Waals surface area contributed by atoms with Gasteiger partial charge in [-0.2, -0.15) is 5.10 Å². The van der Waals surface area contributed by atoms with E-state index in [1.54, 1.807) is 17.2 Å². The summed E-state index contributed by atoms with van der Waals surface area (Å²) in [6.45, 7) is 1.26. The lowest BCUT2D eigenvalue weighted by atomic mass is 10.5. The number of oxazole rings is 1. The summed E-state index contributed by atoms with van der Waals surface area (Å²) in [5.74, 6) is 1.58. The van der Waals surface area contributed by atoms with E-state index in [0.29, 0.717) is 13.1 Å². The average molecular weight is 193 g/mol. The average Bonchev–Trinajstić information content (AvgIpc) is 2.77. The highest BCUT2D eigenvalue weighted by molar-refractivity contribution is 4.88. The number of aromatic nitrogens is 4. The second kappa shape index (κ2) is 4.01. The Morgan fingerprint density at radius 2 is 2.43 bits per heavy atom. The Bertz CT molecular complexity index is 380. The topological polar surface area (TPSA) is 68.8 Å². The van der Waals surface area contributed by atoms with Crippen LogP contribution in [0.5, 0.6) is 0 Å². The third-order valence-corrected chi connectivity index (χ3v) is 1.71. The minimum absolute atomic E-state index is 0.627. The van der Waals surface area contributed by atoms with Crippen LogP contribution < -0.4 is 5.32 Å². The fourth-order valence-electron chi connectivity index (χ4n) is 1.09. The van der Waals surface area contributed by atoms with Crippen molar-refractivity contribution in [3.63, 3.8) is 0 Å². The zero-order chi connectivity index (χ0) is 9.80.